The molecule has 0 unspecified atom stereocenters. The average Bonchev–Trinajstić information content (AvgIpc) is 2.14. The first-order chi connectivity index (χ1) is 4.20. The van der Waals surface area contributed by atoms with Crippen LogP contribution in [0.5, 0.6) is 0 Å². The van der Waals surface area contributed by atoms with Gasteiger partial charge in [-0.1, -0.05) is 5.10 Å². The van der Waals surface area contributed by atoms with Crippen LogP contribution >= 0.6 is 0 Å². The van der Waals surface area contributed by atoms with Gasteiger partial charge in [-0.25, -0.2) is 0 Å². The van der Waals surface area contributed by atoms with Crippen molar-refractivity contribution in [3.63, 3.8) is 0 Å². The smallest absolute Gasteiger partial charge is 0.159 e. The molecule has 0 N–H and O–H groups in total. The van der Waals surface area contributed by atoms with Gasteiger partial charge >= 0.3 is 6.08 Å². The lowest BCUT2D eigenvalue weighted by atomic mass is 10.4. The highest BCUT2D eigenvalue weighted by Crippen LogP contribution is 1.95. The molecule has 0 saturated heterocycles. The van der Waals surface area contributed by atoms with Gasteiger partial charge in [0.2, 0.25) is 0 Å². The number of halogens is 1. The van der Waals surface area contributed by atoms with Gasteiger partial charge in [0.15, 0.2) is 0 Å². The van der Waals surface area contributed by atoms with Crippen LogP contribution < -0.4 is 0 Å². The molecular weight excluding hydrogens is 123 g/mol. The van der Waals surface area contributed by atoms with Gasteiger partial charge in [-0.3, -0.25) is 0 Å². The maximum absolute atomic E-state index is 12.0. The fourth-order valence-corrected chi connectivity index (χ4v) is 0.426. The number of tetrazole rings is 1. The van der Waals surface area contributed by atoms with E-state index in [0.29, 0.717) is 0 Å². The number of rotatable bonds is 1. The van der Waals surface area contributed by atoms with Crippen LogP contribution in [0.25, 0.3) is 0 Å². The molecule has 0 aliphatic rings. The predicted molar refractivity (Wildman–Crippen MR) is 28.2 cm³/mol. The summed E-state index contributed by atoms with van der Waals surface area (Å²) in [6.07, 6.45) is -0.774. The molecule has 1 aromatic rings. The minimum Gasteiger partial charge on any atom is -0.159 e. The van der Waals surface area contributed by atoms with Crippen LogP contribution in [0.2, 0.25) is 0 Å². The lowest BCUT2D eigenvalue weighted by molar-refractivity contribution is 0.440. The molecule has 1 heterocycles. The highest BCUT2D eigenvalue weighted by atomic mass is 19.1. The first-order valence-electron chi connectivity index (χ1n) is 2.65. The topological polar surface area (TPSA) is 43.6 Å². The van der Waals surface area contributed by atoms with Gasteiger partial charge < -0.3 is 0 Å². The quantitative estimate of drug-likeness (QED) is 0.552. The maximum atomic E-state index is 12.0. The summed E-state index contributed by atoms with van der Waals surface area (Å²) < 4.78 is 12.0. The van der Waals surface area contributed by atoms with E-state index in [9.17, 15) is 4.39 Å². The largest absolute Gasteiger partial charge is 0.347 e. The minimum absolute atomic E-state index is 0.0713. The second kappa shape index (κ2) is 2.08. The molecule has 0 amide bonds. The zero-order valence-electron chi connectivity index (χ0n) is 5.24. The van der Waals surface area contributed by atoms with Crippen LogP contribution in [0.4, 0.5) is 4.39 Å². The summed E-state index contributed by atoms with van der Waals surface area (Å²) >= 11 is 0. The zero-order valence-corrected chi connectivity index (χ0v) is 5.24. The lowest BCUT2D eigenvalue weighted by Crippen LogP contribution is -2.04. The summed E-state index contributed by atoms with van der Waals surface area (Å²) in [7, 11) is 0. The summed E-state index contributed by atoms with van der Waals surface area (Å²) in [4.78, 5) is 1.22. The van der Waals surface area contributed by atoms with E-state index >= 15 is 0 Å². The van der Waals surface area contributed by atoms with Gasteiger partial charge in [-0.05, 0) is 19.1 Å². The van der Waals surface area contributed by atoms with Crippen LogP contribution in [0.3, 0.4) is 0 Å². The van der Waals surface area contributed by atoms with Crippen LogP contribution in [-0.4, -0.2) is 20.2 Å². The van der Waals surface area contributed by atoms with Crippen molar-refractivity contribution < 1.29 is 4.39 Å². The molecule has 0 bridgehead atoms. The van der Waals surface area contributed by atoms with Crippen molar-refractivity contribution in [3.8, 4) is 0 Å². The third-order valence-electron chi connectivity index (χ3n) is 0.866. The number of hydrogen-bond donors (Lipinski definition) is 0. The van der Waals surface area contributed by atoms with Gasteiger partial charge in [0.25, 0.3) is 0 Å². The van der Waals surface area contributed by atoms with Gasteiger partial charge in [0.1, 0.15) is 0 Å². The monoisotopic (exact) mass is 130 g/mol. The van der Waals surface area contributed by atoms with Crippen molar-refractivity contribution in [2.24, 2.45) is 0 Å². The number of nitrogens with zero attached hydrogens (tertiary/aromatic N) is 4. The van der Waals surface area contributed by atoms with Crippen LogP contribution in [-0.2, 0) is 0 Å². The van der Waals surface area contributed by atoms with Gasteiger partial charge in [0, 0.05) is 0 Å². The van der Waals surface area contributed by atoms with Crippen molar-refractivity contribution in [1.82, 2.24) is 20.2 Å². The first kappa shape index (κ1) is 6.12. The molecule has 0 aromatic carbocycles. The fraction of sp³-hybridized carbons (Fsp3) is 0.750. The van der Waals surface area contributed by atoms with E-state index in [2.05, 4.69) is 15.4 Å². The molecule has 0 spiro atoms. The number of aromatic nitrogens is 4. The molecule has 9 heavy (non-hydrogen) atoms. The van der Waals surface area contributed by atoms with Crippen LogP contribution in [0, 0.1) is 6.08 Å². The Kier molecular flexibility index (Phi) is 1.42. The summed E-state index contributed by atoms with van der Waals surface area (Å²) in [6, 6.07) is 0.0713. The molecule has 0 atom stereocenters. The van der Waals surface area contributed by atoms with Gasteiger partial charge in [-0.2, -0.15) is 9.19 Å². The molecule has 4 nitrogen and oxygen atoms in total. The predicted octanol–water partition coefficient (Wildman–Crippen LogP) is 0.393. The van der Waals surface area contributed by atoms with Crippen molar-refractivity contribution in [2.45, 2.75) is 19.9 Å². The Bertz CT molecular complexity index is 194. The fourth-order valence-electron chi connectivity index (χ4n) is 0.426. The van der Waals surface area contributed by atoms with E-state index < -0.39 is 6.08 Å². The van der Waals surface area contributed by atoms with Crippen molar-refractivity contribution in [2.75, 3.05) is 0 Å². The van der Waals surface area contributed by atoms with E-state index in [-0.39, 0.29) is 6.04 Å². The highest BCUT2D eigenvalue weighted by molar-refractivity contribution is 4.49. The van der Waals surface area contributed by atoms with E-state index in [1.54, 1.807) is 0 Å². The normalized spacial score (nSPS) is 10.7. The molecule has 1 aromatic heterocycles. The van der Waals surface area contributed by atoms with E-state index in [1.807, 2.05) is 13.8 Å². The summed E-state index contributed by atoms with van der Waals surface area (Å²) in [5, 5.41) is 9.81. The molecule has 5 heteroatoms. The Hall–Kier alpha value is -1.00. The second-order valence-electron chi connectivity index (χ2n) is 1.97. The Labute approximate surface area is 51.7 Å². The molecule has 0 fully saturated rings. The van der Waals surface area contributed by atoms with Crippen LogP contribution in [0.1, 0.15) is 19.9 Å². The molecule has 1 rings (SSSR count). The van der Waals surface area contributed by atoms with Crippen molar-refractivity contribution in [1.29, 1.82) is 0 Å². The first-order valence-corrected chi connectivity index (χ1v) is 2.65. The van der Waals surface area contributed by atoms with E-state index in [0.717, 1.165) is 0 Å². The summed E-state index contributed by atoms with van der Waals surface area (Å²) in [6.45, 7) is 3.70. The summed E-state index contributed by atoms with van der Waals surface area (Å²) in [5.74, 6) is 0. The molecule has 0 aliphatic heterocycles. The summed E-state index contributed by atoms with van der Waals surface area (Å²) in [5.41, 5.74) is 0. The van der Waals surface area contributed by atoms with E-state index in [4.69, 9.17) is 0 Å². The van der Waals surface area contributed by atoms with Crippen LogP contribution in [0.15, 0.2) is 0 Å². The third-order valence-corrected chi connectivity index (χ3v) is 0.866. The molecule has 50 valence electrons. The van der Waals surface area contributed by atoms with Gasteiger partial charge in [-0.15, -0.1) is 5.10 Å². The Morgan fingerprint density at radius 3 is 2.44 bits per heavy atom. The average molecular weight is 130 g/mol. The Morgan fingerprint density at radius 1 is 1.56 bits per heavy atom. The lowest BCUT2D eigenvalue weighted by Gasteiger charge is -1.97. The SMILES string of the molecule is CC(C)n1nnc(F)n1. The second-order valence-corrected chi connectivity index (χ2v) is 1.97. The van der Waals surface area contributed by atoms with Crippen molar-refractivity contribution in [3.05, 3.63) is 6.08 Å². The molecule has 0 radical (unpaired) electrons. The Balaban J connectivity index is 2.85. The standard InChI is InChI=1S/C4H7FN4/c1-3(2)9-7-4(5)6-8-9/h3H,1-2H3. The number of hydrogen-bond acceptors (Lipinski definition) is 3. The zero-order chi connectivity index (χ0) is 6.85. The van der Waals surface area contributed by atoms with E-state index in [1.165, 1.54) is 4.80 Å². The highest BCUT2D eigenvalue weighted by Gasteiger charge is 2.01. The van der Waals surface area contributed by atoms with Gasteiger partial charge in [0.05, 0.1) is 6.04 Å². The Morgan fingerprint density at radius 2 is 2.22 bits per heavy atom. The van der Waals surface area contributed by atoms with Crippen molar-refractivity contribution >= 4 is 0 Å². The maximum Gasteiger partial charge on any atom is 0.347 e. The minimum atomic E-state index is -0.774. The third kappa shape index (κ3) is 1.22. The molecule has 0 aliphatic carbocycles. The molecular formula is C4H7FN4. The molecule has 0 saturated carbocycles.